The largest absolute Gasteiger partial charge is 0.501 e. The van der Waals surface area contributed by atoms with Gasteiger partial charge in [0.1, 0.15) is 5.75 Å². The van der Waals surface area contributed by atoms with Crippen LogP contribution in [-0.4, -0.2) is 12.6 Å². The third-order valence-electron chi connectivity index (χ3n) is 2.01. The van der Waals surface area contributed by atoms with E-state index < -0.39 is 5.97 Å². The van der Waals surface area contributed by atoms with Crippen LogP contribution in [0.3, 0.4) is 0 Å². The van der Waals surface area contributed by atoms with E-state index in [0.717, 1.165) is 11.1 Å². The molecule has 1 rings (SSSR count). The minimum Gasteiger partial charge on any atom is -0.501 e. The SMILES string of the molecule is CCO/C=C/C(=O)Oc1ccc(C)cc1C. The van der Waals surface area contributed by atoms with Gasteiger partial charge < -0.3 is 9.47 Å². The number of carbonyl (C=O) groups is 1. The van der Waals surface area contributed by atoms with Crippen molar-refractivity contribution in [2.45, 2.75) is 20.8 Å². The number of ether oxygens (including phenoxy) is 2. The van der Waals surface area contributed by atoms with Crippen molar-refractivity contribution in [1.82, 2.24) is 0 Å². The summed E-state index contributed by atoms with van der Waals surface area (Å²) in [5.41, 5.74) is 2.08. The summed E-state index contributed by atoms with van der Waals surface area (Å²) in [6, 6.07) is 5.66. The number of esters is 1. The molecule has 0 aliphatic carbocycles. The molecule has 0 aromatic heterocycles. The summed E-state index contributed by atoms with van der Waals surface area (Å²) in [5.74, 6) is 0.150. The summed E-state index contributed by atoms with van der Waals surface area (Å²) in [6.07, 6.45) is 2.61. The molecule has 0 amide bonds. The van der Waals surface area contributed by atoms with Gasteiger partial charge in [0.25, 0.3) is 0 Å². The van der Waals surface area contributed by atoms with E-state index in [0.29, 0.717) is 12.4 Å². The smallest absolute Gasteiger partial charge is 0.339 e. The number of hydrogen-bond donors (Lipinski definition) is 0. The fourth-order valence-electron chi connectivity index (χ4n) is 1.26. The third-order valence-corrected chi connectivity index (χ3v) is 2.01. The van der Waals surface area contributed by atoms with Crippen LogP contribution in [-0.2, 0) is 9.53 Å². The van der Waals surface area contributed by atoms with E-state index in [4.69, 9.17) is 9.47 Å². The molecule has 0 aliphatic heterocycles. The van der Waals surface area contributed by atoms with Crippen molar-refractivity contribution in [3.8, 4) is 5.75 Å². The van der Waals surface area contributed by atoms with Crippen molar-refractivity contribution in [3.63, 3.8) is 0 Å². The molecule has 3 nitrogen and oxygen atoms in total. The molecule has 86 valence electrons. The standard InChI is InChI=1S/C13H16O3/c1-4-15-8-7-13(14)16-12-6-5-10(2)9-11(12)3/h5-9H,4H2,1-3H3/b8-7+. The topological polar surface area (TPSA) is 35.5 Å². The average molecular weight is 220 g/mol. The second kappa shape index (κ2) is 5.95. The highest BCUT2D eigenvalue weighted by molar-refractivity contribution is 5.83. The molecular weight excluding hydrogens is 204 g/mol. The Bertz CT molecular complexity index is 394. The van der Waals surface area contributed by atoms with Crippen LogP contribution in [0.25, 0.3) is 0 Å². The molecule has 1 aromatic carbocycles. The van der Waals surface area contributed by atoms with Gasteiger partial charge in [0.2, 0.25) is 0 Å². The molecule has 0 unspecified atom stereocenters. The molecule has 0 spiro atoms. The number of hydrogen-bond acceptors (Lipinski definition) is 3. The molecule has 0 radical (unpaired) electrons. The summed E-state index contributed by atoms with van der Waals surface area (Å²) in [4.78, 5) is 11.3. The minimum absolute atomic E-state index is 0.430. The van der Waals surface area contributed by atoms with Gasteiger partial charge in [-0.05, 0) is 32.4 Å². The zero-order chi connectivity index (χ0) is 12.0. The Morgan fingerprint density at radius 1 is 1.38 bits per heavy atom. The van der Waals surface area contributed by atoms with E-state index in [-0.39, 0.29) is 0 Å². The van der Waals surface area contributed by atoms with E-state index >= 15 is 0 Å². The zero-order valence-corrected chi connectivity index (χ0v) is 9.82. The van der Waals surface area contributed by atoms with Gasteiger partial charge in [-0.3, -0.25) is 0 Å². The summed E-state index contributed by atoms with van der Waals surface area (Å²) in [5, 5.41) is 0. The Labute approximate surface area is 95.7 Å². The van der Waals surface area contributed by atoms with Crippen LogP contribution < -0.4 is 4.74 Å². The normalized spacial score (nSPS) is 10.4. The Morgan fingerprint density at radius 3 is 2.75 bits per heavy atom. The number of aryl methyl sites for hydroxylation is 2. The molecular formula is C13H16O3. The molecule has 1 aromatic rings. The first kappa shape index (κ1) is 12.3. The van der Waals surface area contributed by atoms with Gasteiger partial charge in [-0.15, -0.1) is 0 Å². The first-order valence-electron chi connectivity index (χ1n) is 5.20. The summed E-state index contributed by atoms with van der Waals surface area (Å²) < 4.78 is 10.1. The highest BCUT2D eigenvalue weighted by atomic mass is 16.5. The minimum atomic E-state index is -0.430. The van der Waals surface area contributed by atoms with Gasteiger partial charge in [0.05, 0.1) is 18.9 Å². The van der Waals surface area contributed by atoms with E-state index in [9.17, 15) is 4.79 Å². The van der Waals surface area contributed by atoms with Crippen molar-refractivity contribution >= 4 is 5.97 Å². The lowest BCUT2D eigenvalue weighted by molar-refractivity contribution is -0.129. The lowest BCUT2D eigenvalue weighted by Gasteiger charge is -2.05. The number of carbonyl (C=O) groups excluding carboxylic acids is 1. The van der Waals surface area contributed by atoms with Crippen molar-refractivity contribution in [1.29, 1.82) is 0 Å². The molecule has 0 bridgehead atoms. The second-order valence-corrected chi connectivity index (χ2v) is 3.45. The van der Waals surface area contributed by atoms with Crippen molar-refractivity contribution in [2.75, 3.05) is 6.61 Å². The predicted octanol–water partition coefficient (Wildman–Crippen LogP) is 2.76. The van der Waals surface area contributed by atoms with Gasteiger partial charge >= 0.3 is 5.97 Å². The zero-order valence-electron chi connectivity index (χ0n) is 9.82. The summed E-state index contributed by atoms with van der Waals surface area (Å²) >= 11 is 0. The molecule has 0 heterocycles. The van der Waals surface area contributed by atoms with Crippen LogP contribution in [0.1, 0.15) is 18.1 Å². The van der Waals surface area contributed by atoms with Crippen LogP contribution in [0.15, 0.2) is 30.5 Å². The summed E-state index contributed by atoms with van der Waals surface area (Å²) in [7, 11) is 0. The van der Waals surface area contributed by atoms with Gasteiger partial charge in [0, 0.05) is 0 Å². The highest BCUT2D eigenvalue weighted by Gasteiger charge is 2.03. The van der Waals surface area contributed by atoms with Crippen LogP contribution in [0.4, 0.5) is 0 Å². The Morgan fingerprint density at radius 2 is 2.12 bits per heavy atom. The fourth-order valence-corrected chi connectivity index (χ4v) is 1.26. The van der Waals surface area contributed by atoms with E-state index in [1.165, 1.54) is 12.3 Å². The Hall–Kier alpha value is -1.77. The molecule has 3 heteroatoms. The summed E-state index contributed by atoms with van der Waals surface area (Å²) in [6.45, 7) is 6.28. The molecule has 0 N–H and O–H groups in total. The lowest BCUT2D eigenvalue weighted by Crippen LogP contribution is -2.05. The Balaban J connectivity index is 2.63. The molecule has 0 fully saturated rings. The van der Waals surface area contributed by atoms with Gasteiger partial charge in [-0.1, -0.05) is 17.7 Å². The lowest BCUT2D eigenvalue weighted by atomic mass is 10.1. The monoisotopic (exact) mass is 220 g/mol. The van der Waals surface area contributed by atoms with Crippen LogP contribution in [0, 0.1) is 13.8 Å². The molecule has 0 saturated heterocycles. The predicted molar refractivity (Wildman–Crippen MR) is 62.3 cm³/mol. The average Bonchev–Trinajstić information content (AvgIpc) is 2.23. The van der Waals surface area contributed by atoms with E-state index in [2.05, 4.69) is 0 Å². The van der Waals surface area contributed by atoms with E-state index in [1.807, 2.05) is 32.9 Å². The first-order chi connectivity index (χ1) is 7.63. The van der Waals surface area contributed by atoms with Crippen molar-refractivity contribution in [3.05, 3.63) is 41.7 Å². The highest BCUT2D eigenvalue weighted by Crippen LogP contribution is 2.18. The maximum absolute atomic E-state index is 11.3. The molecule has 0 saturated carbocycles. The van der Waals surface area contributed by atoms with Gasteiger partial charge in [-0.25, -0.2) is 4.79 Å². The number of rotatable bonds is 4. The maximum atomic E-state index is 11.3. The fraction of sp³-hybridized carbons (Fsp3) is 0.308. The van der Waals surface area contributed by atoms with Crippen molar-refractivity contribution in [2.24, 2.45) is 0 Å². The molecule has 16 heavy (non-hydrogen) atoms. The number of benzene rings is 1. The van der Waals surface area contributed by atoms with Crippen LogP contribution >= 0.6 is 0 Å². The van der Waals surface area contributed by atoms with Crippen LogP contribution in [0.5, 0.6) is 5.75 Å². The molecule has 0 atom stereocenters. The van der Waals surface area contributed by atoms with Gasteiger partial charge in [0.15, 0.2) is 0 Å². The van der Waals surface area contributed by atoms with Gasteiger partial charge in [-0.2, -0.15) is 0 Å². The quantitative estimate of drug-likeness (QED) is 0.339. The maximum Gasteiger partial charge on any atom is 0.339 e. The second-order valence-electron chi connectivity index (χ2n) is 3.45. The molecule has 0 aliphatic rings. The van der Waals surface area contributed by atoms with E-state index in [1.54, 1.807) is 6.07 Å². The Kier molecular flexibility index (Phi) is 4.58. The first-order valence-corrected chi connectivity index (χ1v) is 5.20. The third kappa shape index (κ3) is 3.77. The van der Waals surface area contributed by atoms with Crippen molar-refractivity contribution < 1.29 is 14.3 Å². The van der Waals surface area contributed by atoms with Crippen LogP contribution in [0.2, 0.25) is 0 Å².